The molecule has 0 bridgehead atoms. The second-order valence-electron chi connectivity index (χ2n) is 4.66. The summed E-state index contributed by atoms with van der Waals surface area (Å²) in [6, 6.07) is 16.3. The van der Waals surface area contributed by atoms with Gasteiger partial charge in [-0.15, -0.1) is 0 Å². The van der Waals surface area contributed by atoms with E-state index in [0.29, 0.717) is 12.8 Å². The molecule has 3 nitrogen and oxygen atoms in total. The van der Waals surface area contributed by atoms with E-state index >= 15 is 0 Å². The Labute approximate surface area is 113 Å². The standard InChI is InChI=1S/C15H14O3S/c16-19(17,15-8-2-1-3-9-15)18-14-10-12-6-4-5-7-13(12)11-14/h1-9,14H,10-11H2. The number of hydrogen-bond donors (Lipinski definition) is 0. The Kier molecular flexibility index (Phi) is 3.12. The van der Waals surface area contributed by atoms with Crippen LogP contribution in [-0.2, 0) is 27.1 Å². The summed E-state index contributed by atoms with van der Waals surface area (Å²) in [7, 11) is -3.66. The first-order chi connectivity index (χ1) is 9.15. The average Bonchev–Trinajstić information content (AvgIpc) is 2.81. The van der Waals surface area contributed by atoms with Gasteiger partial charge in [0.25, 0.3) is 10.1 Å². The molecule has 0 amide bonds. The van der Waals surface area contributed by atoms with Crippen molar-refractivity contribution in [2.45, 2.75) is 23.8 Å². The molecule has 0 saturated carbocycles. The average molecular weight is 274 g/mol. The van der Waals surface area contributed by atoms with Crippen LogP contribution >= 0.6 is 0 Å². The molecule has 0 radical (unpaired) electrons. The van der Waals surface area contributed by atoms with Crippen LogP contribution in [0.15, 0.2) is 59.5 Å². The van der Waals surface area contributed by atoms with Crippen molar-refractivity contribution >= 4 is 10.1 Å². The fourth-order valence-corrected chi connectivity index (χ4v) is 3.50. The summed E-state index contributed by atoms with van der Waals surface area (Å²) in [5.74, 6) is 0. The van der Waals surface area contributed by atoms with Crippen molar-refractivity contribution in [3.63, 3.8) is 0 Å². The van der Waals surface area contributed by atoms with Gasteiger partial charge in [-0.05, 0) is 23.3 Å². The van der Waals surface area contributed by atoms with Gasteiger partial charge in [-0.2, -0.15) is 8.42 Å². The summed E-state index contributed by atoms with van der Waals surface area (Å²) in [5, 5.41) is 0. The van der Waals surface area contributed by atoms with Gasteiger partial charge >= 0.3 is 0 Å². The molecule has 0 N–H and O–H groups in total. The smallest absolute Gasteiger partial charge is 0.262 e. The first-order valence-electron chi connectivity index (χ1n) is 6.20. The predicted molar refractivity (Wildman–Crippen MR) is 72.4 cm³/mol. The highest BCUT2D eigenvalue weighted by atomic mass is 32.2. The summed E-state index contributed by atoms with van der Waals surface area (Å²) in [4.78, 5) is 0.214. The molecule has 0 saturated heterocycles. The Hall–Kier alpha value is -1.65. The highest BCUT2D eigenvalue weighted by Gasteiger charge is 2.27. The first-order valence-corrected chi connectivity index (χ1v) is 7.61. The van der Waals surface area contributed by atoms with Crippen LogP contribution in [0.3, 0.4) is 0 Å². The fraction of sp³-hybridized carbons (Fsp3) is 0.200. The zero-order chi connectivity index (χ0) is 13.3. The quantitative estimate of drug-likeness (QED) is 0.808. The normalized spacial score (nSPS) is 15.4. The monoisotopic (exact) mass is 274 g/mol. The van der Waals surface area contributed by atoms with Gasteiger partial charge in [0.05, 0.1) is 11.0 Å². The molecule has 2 aromatic rings. The van der Waals surface area contributed by atoms with Crippen LogP contribution in [0.2, 0.25) is 0 Å². The van der Waals surface area contributed by atoms with E-state index in [0.717, 1.165) is 0 Å². The zero-order valence-electron chi connectivity index (χ0n) is 10.3. The summed E-state index contributed by atoms with van der Waals surface area (Å²) in [5.41, 5.74) is 2.35. The summed E-state index contributed by atoms with van der Waals surface area (Å²) < 4.78 is 29.6. The SMILES string of the molecule is O=S(=O)(OC1Cc2ccccc2C1)c1ccccc1. The Morgan fingerprint density at radius 2 is 1.37 bits per heavy atom. The van der Waals surface area contributed by atoms with Crippen molar-refractivity contribution < 1.29 is 12.6 Å². The van der Waals surface area contributed by atoms with E-state index in [2.05, 4.69) is 0 Å². The minimum Gasteiger partial charge on any atom is -0.262 e. The summed E-state index contributed by atoms with van der Waals surface area (Å²) in [6.07, 6.45) is 1.02. The lowest BCUT2D eigenvalue weighted by Gasteiger charge is -2.11. The van der Waals surface area contributed by atoms with E-state index in [1.807, 2.05) is 24.3 Å². The second-order valence-corrected chi connectivity index (χ2v) is 6.23. The van der Waals surface area contributed by atoms with Gasteiger partial charge in [0.1, 0.15) is 0 Å². The molecule has 19 heavy (non-hydrogen) atoms. The lowest BCUT2D eigenvalue weighted by atomic mass is 10.1. The van der Waals surface area contributed by atoms with Crippen LogP contribution in [0.25, 0.3) is 0 Å². The largest absolute Gasteiger partial charge is 0.297 e. The maximum atomic E-state index is 12.1. The van der Waals surface area contributed by atoms with E-state index in [-0.39, 0.29) is 11.0 Å². The second kappa shape index (κ2) is 4.79. The number of benzene rings is 2. The molecule has 0 spiro atoms. The highest BCUT2D eigenvalue weighted by Crippen LogP contribution is 2.26. The van der Waals surface area contributed by atoms with Crippen LogP contribution in [0.5, 0.6) is 0 Å². The van der Waals surface area contributed by atoms with Crippen molar-refractivity contribution in [3.8, 4) is 0 Å². The molecule has 1 aliphatic rings. The molecular weight excluding hydrogens is 260 g/mol. The molecule has 98 valence electrons. The third kappa shape index (κ3) is 2.55. The number of fused-ring (bicyclic) bond motifs is 1. The Morgan fingerprint density at radius 1 is 0.842 bits per heavy atom. The van der Waals surface area contributed by atoms with Crippen LogP contribution in [0.1, 0.15) is 11.1 Å². The van der Waals surface area contributed by atoms with Crippen molar-refractivity contribution in [2.75, 3.05) is 0 Å². The van der Waals surface area contributed by atoms with Crippen molar-refractivity contribution in [1.29, 1.82) is 0 Å². The first kappa shape index (κ1) is 12.4. The van der Waals surface area contributed by atoms with E-state index in [9.17, 15) is 8.42 Å². The molecule has 0 aromatic heterocycles. The maximum Gasteiger partial charge on any atom is 0.297 e. The van der Waals surface area contributed by atoms with Crippen molar-refractivity contribution in [3.05, 3.63) is 65.7 Å². The van der Waals surface area contributed by atoms with Crippen molar-refractivity contribution in [1.82, 2.24) is 0 Å². The fourth-order valence-electron chi connectivity index (χ4n) is 2.41. The minimum atomic E-state index is -3.66. The molecule has 0 heterocycles. The van der Waals surface area contributed by atoms with Gasteiger partial charge in [-0.1, -0.05) is 42.5 Å². The highest BCUT2D eigenvalue weighted by molar-refractivity contribution is 7.86. The third-order valence-electron chi connectivity index (χ3n) is 3.31. The van der Waals surface area contributed by atoms with Crippen LogP contribution in [-0.4, -0.2) is 14.5 Å². The van der Waals surface area contributed by atoms with E-state index in [1.165, 1.54) is 11.1 Å². The molecule has 0 fully saturated rings. The molecule has 4 heteroatoms. The Bertz CT molecular complexity index is 653. The molecule has 0 atom stereocenters. The van der Waals surface area contributed by atoms with Crippen molar-refractivity contribution in [2.24, 2.45) is 0 Å². The Morgan fingerprint density at radius 3 is 1.95 bits per heavy atom. The lowest BCUT2D eigenvalue weighted by Crippen LogP contribution is -2.18. The molecule has 0 unspecified atom stereocenters. The third-order valence-corrected chi connectivity index (χ3v) is 4.68. The van der Waals surface area contributed by atoms with E-state index in [4.69, 9.17) is 4.18 Å². The van der Waals surface area contributed by atoms with Crippen LogP contribution in [0.4, 0.5) is 0 Å². The lowest BCUT2D eigenvalue weighted by molar-refractivity contribution is 0.221. The van der Waals surface area contributed by atoms with Gasteiger partial charge in [0.15, 0.2) is 0 Å². The van der Waals surface area contributed by atoms with E-state index in [1.54, 1.807) is 30.3 Å². The number of rotatable bonds is 3. The summed E-state index contributed by atoms with van der Waals surface area (Å²) in [6.45, 7) is 0. The minimum absolute atomic E-state index is 0.214. The number of hydrogen-bond acceptors (Lipinski definition) is 3. The zero-order valence-corrected chi connectivity index (χ0v) is 11.1. The van der Waals surface area contributed by atoms with Crippen LogP contribution in [0, 0.1) is 0 Å². The van der Waals surface area contributed by atoms with Gasteiger partial charge in [-0.3, -0.25) is 4.18 Å². The molecule has 3 rings (SSSR count). The molecular formula is C15H14O3S. The van der Waals surface area contributed by atoms with Crippen LogP contribution < -0.4 is 0 Å². The van der Waals surface area contributed by atoms with Gasteiger partial charge in [0, 0.05) is 12.8 Å². The molecule has 1 aliphatic carbocycles. The molecule has 0 aliphatic heterocycles. The molecule has 2 aromatic carbocycles. The summed E-state index contributed by atoms with van der Waals surface area (Å²) >= 11 is 0. The van der Waals surface area contributed by atoms with E-state index < -0.39 is 10.1 Å². The predicted octanol–water partition coefficient (Wildman–Crippen LogP) is 2.56. The maximum absolute atomic E-state index is 12.1. The van der Waals surface area contributed by atoms with Gasteiger partial charge in [-0.25, -0.2) is 0 Å². The van der Waals surface area contributed by atoms with Gasteiger partial charge in [0.2, 0.25) is 0 Å². The van der Waals surface area contributed by atoms with Gasteiger partial charge < -0.3 is 0 Å². The topological polar surface area (TPSA) is 43.4 Å². The Balaban J connectivity index is 1.78.